The largest absolute Gasteiger partial charge is 0.459 e. The van der Waals surface area contributed by atoms with Crippen molar-refractivity contribution in [1.82, 2.24) is 5.32 Å². The molecule has 0 aliphatic carbocycles. The van der Waals surface area contributed by atoms with Gasteiger partial charge >= 0.3 is 5.97 Å². The van der Waals surface area contributed by atoms with E-state index >= 15 is 0 Å². The van der Waals surface area contributed by atoms with Crippen LogP contribution in [-0.4, -0.2) is 23.7 Å². The van der Waals surface area contributed by atoms with Gasteiger partial charge in [0.1, 0.15) is 11.6 Å². The Labute approximate surface area is 80.8 Å². The second-order valence-corrected chi connectivity index (χ2v) is 4.58. The van der Waals surface area contributed by atoms with Crippen molar-refractivity contribution in [2.45, 2.75) is 59.2 Å². The van der Waals surface area contributed by atoms with E-state index in [2.05, 4.69) is 5.32 Å². The summed E-state index contributed by atoms with van der Waals surface area (Å²) in [5.41, 5.74) is -0.399. The molecule has 0 rings (SSSR count). The number of esters is 1. The van der Waals surface area contributed by atoms with Crippen LogP contribution in [0.15, 0.2) is 0 Å². The van der Waals surface area contributed by atoms with Gasteiger partial charge in [-0.3, -0.25) is 4.79 Å². The van der Waals surface area contributed by atoms with Gasteiger partial charge in [-0.1, -0.05) is 13.8 Å². The van der Waals surface area contributed by atoms with E-state index in [1.165, 1.54) is 0 Å². The molecule has 0 saturated carbocycles. The van der Waals surface area contributed by atoms with Gasteiger partial charge in [0.25, 0.3) is 0 Å². The summed E-state index contributed by atoms with van der Waals surface area (Å²) in [6.07, 6.45) is 0. The van der Waals surface area contributed by atoms with E-state index in [4.69, 9.17) is 4.74 Å². The summed E-state index contributed by atoms with van der Waals surface area (Å²) in [4.78, 5) is 11.4. The molecule has 0 aromatic rings. The molecule has 0 aromatic carbocycles. The minimum Gasteiger partial charge on any atom is -0.459 e. The number of hydrogen-bond donors (Lipinski definition) is 1. The van der Waals surface area contributed by atoms with Crippen molar-refractivity contribution >= 4 is 5.97 Å². The van der Waals surface area contributed by atoms with Crippen LogP contribution in [0, 0.1) is 0 Å². The maximum Gasteiger partial charge on any atom is 0.323 e. The molecule has 0 aliphatic rings. The van der Waals surface area contributed by atoms with Crippen LogP contribution in [0.4, 0.5) is 0 Å². The lowest BCUT2D eigenvalue weighted by molar-refractivity contribution is -0.157. The van der Waals surface area contributed by atoms with Crippen molar-refractivity contribution in [2.24, 2.45) is 0 Å². The maximum atomic E-state index is 11.4. The predicted molar refractivity (Wildman–Crippen MR) is 53.6 cm³/mol. The first kappa shape index (κ1) is 12.4. The van der Waals surface area contributed by atoms with Crippen molar-refractivity contribution in [1.29, 1.82) is 0 Å². The quantitative estimate of drug-likeness (QED) is 0.684. The summed E-state index contributed by atoms with van der Waals surface area (Å²) >= 11 is 0. The Morgan fingerprint density at radius 3 is 2.00 bits per heavy atom. The summed E-state index contributed by atoms with van der Waals surface area (Å²) < 4.78 is 5.20. The molecule has 13 heavy (non-hydrogen) atoms. The van der Waals surface area contributed by atoms with Crippen LogP contribution in [0.5, 0.6) is 0 Å². The van der Waals surface area contributed by atoms with Crippen LogP contribution in [0.3, 0.4) is 0 Å². The van der Waals surface area contributed by atoms with Crippen molar-refractivity contribution in [3.63, 3.8) is 0 Å². The van der Waals surface area contributed by atoms with Crippen molar-refractivity contribution in [3.05, 3.63) is 0 Å². The standard InChI is InChI=1S/C10H21NO2/c1-7(2)11-8(3)9(12)13-10(4,5)6/h7-8,11H,1-6H3/t8-/m0/s1. The molecule has 0 saturated heterocycles. The van der Waals surface area contributed by atoms with E-state index in [-0.39, 0.29) is 12.0 Å². The molecular weight excluding hydrogens is 166 g/mol. The zero-order valence-electron chi connectivity index (χ0n) is 9.47. The second kappa shape index (κ2) is 4.61. The van der Waals surface area contributed by atoms with Gasteiger partial charge in [-0.15, -0.1) is 0 Å². The summed E-state index contributed by atoms with van der Waals surface area (Å²) in [5.74, 6) is -0.193. The number of ether oxygens (including phenoxy) is 1. The molecule has 3 heteroatoms. The van der Waals surface area contributed by atoms with Crippen LogP contribution in [0.2, 0.25) is 0 Å². The Balaban J connectivity index is 3.97. The number of nitrogens with one attached hydrogen (secondary N) is 1. The highest BCUT2D eigenvalue weighted by molar-refractivity contribution is 5.75. The summed E-state index contributed by atoms with van der Waals surface area (Å²) in [7, 11) is 0. The Hall–Kier alpha value is -0.570. The first-order valence-corrected chi connectivity index (χ1v) is 4.71. The van der Waals surface area contributed by atoms with Gasteiger partial charge in [0.05, 0.1) is 0 Å². The van der Waals surface area contributed by atoms with Gasteiger partial charge < -0.3 is 10.1 Å². The van der Waals surface area contributed by atoms with Crippen LogP contribution in [0.25, 0.3) is 0 Å². The highest BCUT2D eigenvalue weighted by Crippen LogP contribution is 2.08. The lowest BCUT2D eigenvalue weighted by Crippen LogP contribution is -2.42. The highest BCUT2D eigenvalue weighted by Gasteiger charge is 2.21. The zero-order valence-corrected chi connectivity index (χ0v) is 9.47. The first-order valence-electron chi connectivity index (χ1n) is 4.71. The van der Waals surface area contributed by atoms with Gasteiger partial charge in [0, 0.05) is 6.04 Å². The number of rotatable bonds is 3. The third-order valence-electron chi connectivity index (χ3n) is 1.34. The van der Waals surface area contributed by atoms with Crippen molar-refractivity contribution in [3.8, 4) is 0 Å². The fraction of sp³-hybridized carbons (Fsp3) is 0.900. The van der Waals surface area contributed by atoms with E-state index in [0.29, 0.717) is 6.04 Å². The third-order valence-corrected chi connectivity index (χ3v) is 1.34. The fourth-order valence-electron chi connectivity index (χ4n) is 0.958. The summed E-state index contributed by atoms with van der Waals surface area (Å²) in [6, 6.07) is 0.0572. The zero-order chi connectivity index (χ0) is 10.6. The third kappa shape index (κ3) is 6.58. The number of hydrogen-bond acceptors (Lipinski definition) is 3. The second-order valence-electron chi connectivity index (χ2n) is 4.58. The van der Waals surface area contributed by atoms with E-state index in [9.17, 15) is 4.79 Å². The van der Waals surface area contributed by atoms with Crippen LogP contribution >= 0.6 is 0 Å². The van der Waals surface area contributed by atoms with Crippen molar-refractivity contribution < 1.29 is 9.53 Å². The maximum absolute atomic E-state index is 11.4. The average Bonchev–Trinajstić information content (AvgIpc) is 1.81. The molecule has 0 amide bonds. The van der Waals surface area contributed by atoms with Gasteiger partial charge in [-0.05, 0) is 27.7 Å². The molecule has 78 valence electrons. The van der Waals surface area contributed by atoms with Gasteiger partial charge in [-0.2, -0.15) is 0 Å². The summed E-state index contributed by atoms with van der Waals surface area (Å²) in [6.45, 7) is 11.4. The first-order chi connectivity index (χ1) is 5.72. The summed E-state index contributed by atoms with van der Waals surface area (Å²) in [5, 5.41) is 3.09. The Bertz CT molecular complexity index is 170. The molecule has 0 unspecified atom stereocenters. The van der Waals surface area contributed by atoms with Crippen molar-refractivity contribution in [2.75, 3.05) is 0 Å². The fourth-order valence-corrected chi connectivity index (χ4v) is 0.958. The van der Waals surface area contributed by atoms with Gasteiger partial charge in [0.2, 0.25) is 0 Å². The number of carbonyl (C=O) groups excluding carboxylic acids is 1. The lowest BCUT2D eigenvalue weighted by atomic mass is 10.2. The van der Waals surface area contributed by atoms with Gasteiger partial charge in [-0.25, -0.2) is 0 Å². The molecule has 0 fully saturated rings. The van der Waals surface area contributed by atoms with E-state index < -0.39 is 5.60 Å². The Kier molecular flexibility index (Phi) is 4.40. The minimum atomic E-state index is -0.399. The molecule has 0 aromatic heterocycles. The molecule has 0 aliphatic heterocycles. The molecule has 1 N–H and O–H groups in total. The topological polar surface area (TPSA) is 38.3 Å². The molecule has 1 atom stereocenters. The Morgan fingerprint density at radius 1 is 1.23 bits per heavy atom. The minimum absolute atomic E-state index is 0.193. The van der Waals surface area contributed by atoms with Crippen LogP contribution < -0.4 is 5.32 Å². The van der Waals surface area contributed by atoms with Gasteiger partial charge in [0.15, 0.2) is 0 Å². The average molecular weight is 187 g/mol. The van der Waals surface area contributed by atoms with E-state index in [0.717, 1.165) is 0 Å². The predicted octanol–water partition coefficient (Wildman–Crippen LogP) is 1.71. The Morgan fingerprint density at radius 2 is 1.69 bits per heavy atom. The van der Waals surface area contributed by atoms with Crippen LogP contribution in [-0.2, 0) is 9.53 Å². The normalized spacial score (nSPS) is 14.4. The van der Waals surface area contributed by atoms with E-state index in [1.54, 1.807) is 0 Å². The molecule has 3 nitrogen and oxygen atoms in total. The molecular formula is C10H21NO2. The lowest BCUT2D eigenvalue weighted by Gasteiger charge is -2.23. The molecule has 0 heterocycles. The SMILES string of the molecule is CC(C)N[C@@H](C)C(=O)OC(C)(C)C. The smallest absolute Gasteiger partial charge is 0.323 e. The molecule has 0 radical (unpaired) electrons. The van der Waals surface area contributed by atoms with Crippen LogP contribution in [0.1, 0.15) is 41.5 Å². The molecule has 0 spiro atoms. The molecule has 0 bridgehead atoms. The monoisotopic (exact) mass is 187 g/mol. The number of carbonyl (C=O) groups is 1. The van der Waals surface area contributed by atoms with E-state index in [1.807, 2.05) is 41.5 Å². The highest BCUT2D eigenvalue weighted by atomic mass is 16.6.